The molecule has 0 aliphatic carbocycles. The lowest BCUT2D eigenvalue weighted by atomic mass is 10.2. The lowest BCUT2D eigenvalue weighted by Gasteiger charge is -2.26. The van der Waals surface area contributed by atoms with Crippen LogP contribution in [0.4, 0.5) is 0 Å². The molecular weight excluding hydrogens is 470 g/mol. The van der Waals surface area contributed by atoms with Gasteiger partial charge in [-0.25, -0.2) is 21.8 Å². The average Bonchev–Trinajstić information content (AvgIpc) is 3.47. The summed E-state index contributed by atoms with van der Waals surface area (Å²) in [6, 6.07) is 13.0. The number of para-hydroxylation sites is 1. The first-order chi connectivity index (χ1) is 15.4. The van der Waals surface area contributed by atoms with Gasteiger partial charge in [0.2, 0.25) is 20.0 Å². The Balaban J connectivity index is 1.42. The number of hydrogen-bond donors (Lipinski definition) is 0. The summed E-state index contributed by atoms with van der Waals surface area (Å²) in [5, 5.41) is 0.791. The predicted molar refractivity (Wildman–Crippen MR) is 122 cm³/mol. The van der Waals surface area contributed by atoms with E-state index in [9.17, 15) is 16.8 Å². The number of sulfonamides is 2. The lowest BCUT2D eigenvalue weighted by molar-refractivity contribution is 0.0730. The lowest BCUT2D eigenvalue weighted by Crippen LogP contribution is -2.40. The highest BCUT2D eigenvalue weighted by molar-refractivity contribution is 7.89. The number of nitrogens with zero attached hydrogens (tertiary/aromatic N) is 3. The molecule has 32 heavy (non-hydrogen) atoms. The second-order valence-electron chi connectivity index (χ2n) is 7.78. The van der Waals surface area contributed by atoms with E-state index in [4.69, 9.17) is 4.74 Å². The SMILES string of the molecule is O=S(=O)(c1ccc(S(=O)(=O)N2CCC[C@@H]2c2nc3ccccc3s2)cc1)N1CCOCC1. The Labute approximate surface area is 191 Å². The molecule has 2 aliphatic rings. The van der Waals surface area contributed by atoms with Gasteiger partial charge < -0.3 is 4.74 Å². The van der Waals surface area contributed by atoms with Crippen LogP contribution in [0.1, 0.15) is 23.9 Å². The minimum atomic E-state index is -3.79. The quantitative estimate of drug-likeness (QED) is 0.542. The zero-order valence-corrected chi connectivity index (χ0v) is 19.7. The van der Waals surface area contributed by atoms with Crippen molar-refractivity contribution in [1.29, 1.82) is 0 Å². The van der Waals surface area contributed by atoms with Crippen LogP contribution in [0.15, 0.2) is 58.3 Å². The summed E-state index contributed by atoms with van der Waals surface area (Å²) in [6.07, 6.45) is 1.46. The van der Waals surface area contributed by atoms with Crippen molar-refractivity contribution in [2.45, 2.75) is 28.7 Å². The van der Waals surface area contributed by atoms with Gasteiger partial charge in [0, 0.05) is 19.6 Å². The molecule has 1 atom stereocenters. The first-order valence-electron chi connectivity index (χ1n) is 10.4. The molecular formula is C21H23N3O5S3. The number of aromatic nitrogens is 1. The number of benzene rings is 2. The van der Waals surface area contributed by atoms with E-state index in [1.165, 1.54) is 44.2 Å². The number of thiazole rings is 1. The van der Waals surface area contributed by atoms with Gasteiger partial charge in [0.25, 0.3) is 0 Å². The van der Waals surface area contributed by atoms with Crippen molar-refractivity contribution < 1.29 is 21.6 Å². The molecule has 3 aromatic rings. The Morgan fingerprint density at radius 1 is 0.875 bits per heavy atom. The highest BCUT2D eigenvalue weighted by Gasteiger charge is 2.38. The fraction of sp³-hybridized carbons (Fsp3) is 0.381. The Morgan fingerprint density at radius 2 is 1.53 bits per heavy atom. The molecule has 2 aliphatic heterocycles. The maximum absolute atomic E-state index is 13.4. The molecule has 3 heterocycles. The van der Waals surface area contributed by atoms with Crippen LogP contribution < -0.4 is 0 Å². The molecule has 0 bridgehead atoms. The molecule has 2 aromatic carbocycles. The van der Waals surface area contributed by atoms with Crippen LogP contribution in [0.25, 0.3) is 10.2 Å². The Morgan fingerprint density at radius 3 is 2.22 bits per heavy atom. The van der Waals surface area contributed by atoms with Crippen molar-refractivity contribution in [2.24, 2.45) is 0 Å². The summed E-state index contributed by atoms with van der Waals surface area (Å²) in [7, 11) is -7.46. The topological polar surface area (TPSA) is 96.9 Å². The van der Waals surface area contributed by atoms with Gasteiger partial charge in [0.05, 0.1) is 39.3 Å². The molecule has 170 valence electrons. The largest absolute Gasteiger partial charge is 0.379 e. The zero-order valence-electron chi connectivity index (χ0n) is 17.3. The normalized spacial score (nSPS) is 21.3. The molecule has 2 fully saturated rings. The highest BCUT2D eigenvalue weighted by Crippen LogP contribution is 2.39. The second kappa shape index (κ2) is 8.47. The van der Waals surface area contributed by atoms with Gasteiger partial charge in [-0.3, -0.25) is 0 Å². The second-order valence-corrected chi connectivity index (χ2v) is 12.7. The van der Waals surface area contributed by atoms with Gasteiger partial charge in [-0.05, 0) is 49.2 Å². The van der Waals surface area contributed by atoms with E-state index >= 15 is 0 Å². The molecule has 0 saturated carbocycles. The van der Waals surface area contributed by atoms with Gasteiger partial charge in [0.1, 0.15) is 5.01 Å². The van der Waals surface area contributed by atoms with Gasteiger partial charge in [-0.2, -0.15) is 8.61 Å². The number of rotatable bonds is 5. The van der Waals surface area contributed by atoms with Crippen molar-refractivity contribution in [3.8, 4) is 0 Å². The molecule has 8 nitrogen and oxygen atoms in total. The zero-order chi connectivity index (χ0) is 22.3. The van der Waals surface area contributed by atoms with E-state index in [-0.39, 0.29) is 15.8 Å². The average molecular weight is 494 g/mol. The van der Waals surface area contributed by atoms with Crippen molar-refractivity contribution in [3.05, 3.63) is 53.5 Å². The third kappa shape index (κ3) is 3.87. The van der Waals surface area contributed by atoms with Crippen LogP contribution in [-0.2, 0) is 24.8 Å². The molecule has 0 unspecified atom stereocenters. The predicted octanol–water partition coefficient (Wildman–Crippen LogP) is 2.84. The maximum atomic E-state index is 13.4. The van der Waals surface area contributed by atoms with Crippen LogP contribution in [0, 0.1) is 0 Å². The molecule has 2 saturated heterocycles. The van der Waals surface area contributed by atoms with Crippen molar-refractivity contribution in [3.63, 3.8) is 0 Å². The first kappa shape index (κ1) is 21.9. The third-order valence-corrected chi connectivity index (χ3v) is 10.8. The van der Waals surface area contributed by atoms with E-state index in [0.29, 0.717) is 39.3 Å². The molecule has 0 N–H and O–H groups in total. The molecule has 0 radical (unpaired) electrons. The summed E-state index contributed by atoms with van der Waals surface area (Å²) >= 11 is 1.52. The standard InChI is InChI=1S/C21H23N3O5S3/c25-31(26,23-12-14-29-15-13-23)16-7-9-17(10-8-16)32(27,28)24-11-3-5-19(24)21-22-18-4-1-2-6-20(18)30-21/h1-2,4,6-10,19H,3,5,11-15H2/t19-/m1/s1. The Bertz CT molecular complexity index is 1300. The number of hydrogen-bond acceptors (Lipinski definition) is 7. The van der Waals surface area contributed by atoms with E-state index in [0.717, 1.165) is 21.6 Å². The number of fused-ring (bicyclic) bond motifs is 1. The Hall–Kier alpha value is -1.89. The molecule has 5 rings (SSSR count). The first-order valence-corrected chi connectivity index (χ1v) is 14.1. The maximum Gasteiger partial charge on any atom is 0.243 e. The summed E-state index contributed by atoms with van der Waals surface area (Å²) in [5.41, 5.74) is 0.870. The minimum absolute atomic E-state index is 0.0856. The van der Waals surface area contributed by atoms with Crippen LogP contribution in [0.5, 0.6) is 0 Å². The number of morpholine rings is 1. The van der Waals surface area contributed by atoms with E-state index in [2.05, 4.69) is 4.98 Å². The summed E-state index contributed by atoms with van der Waals surface area (Å²) in [4.78, 5) is 4.84. The number of ether oxygens (including phenoxy) is 1. The summed E-state index contributed by atoms with van der Waals surface area (Å²) in [5.74, 6) is 0. The van der Waals surface area contributed by atoms with Crippen molar-refractivity contribution in [2.75, 3.05) is 32.8 Å². The molecule has 11 heteroatoms. The third-order valence-electron chi connectivity index (χ3n) is 5.84. The van der Waals surface area contributed by atoms with Crippen molar-refractivity contribution >= 4 is 41.6 Å². The molecule has 0 amide bonds. The van der Waals surface area contributed by atoms with E-state index in [1.807, 2.05) is 24.3 Å². The Kier molecular flexibility index (Phi) is 5.81. The fourth-order valence-corrected chi connectivity index (χ4v) is 8.41. The highest BCUT2D eigenvalue weighted by atomic mass is 32.2. The monoisotopic (exact) mass is 493 g/mol. The summed E-state index contributed by atoms with van der Waals surface area (Å²) < 4.78 is 61.6. The van der Waals surface area contributed by atoms with Gasteiger partial charge in [-0.1, -0.05) is 12.1 Å². The minimum Gasteiger partial charge on any atom is -0.379 e. The van der Waals surface area contributed by atoms with Gasteiger partial charge in [-0.15, -0.1) is 11.3 Å². The van der Waals surface area contributed by atoms with Crippen LogP contribution >= 0.6 is 11.3 Å². The van der Waals surface area contributed by atoms with E-state index < -0.39 is 20.0 Å². The molecule has 1 aromatic heterocycles. The molecule has 0 spiro atoms. The van der Waals surface area contributed by atoms with Gasteiger partial charge in [0.15, 0.2) is 0 Å². The summed E-state index contributed by atoms with van der Waals surface area (Å²) in [6.45, 7) is 1.71. The van der Waals surface area contributed by atoms with Gasteiger partial charge >= 0.3 is 0 Å². The van der Waals surface area contributed by atoms with E-state index in [1.54, 1.807) is 0 Å². The van der Waals surface area contributed by atoms with Crippen LogP contribution in [-0.4, -0.2) is 63.3 Å². The van der Waals surface area contributed by atoms with Crippen molar-refractivity contribution in [1.82, 2.24) is 13.6 Å². The van der Waals surface area contributed by atoms with Crippen LogP contribution in [0.3, 0.4) is 0 Å². The smallest absolute Gasteiger partial charge is 0.243 e. The fourth-order valence-electron chi connectivity index (χ4n) is 4.16. The van der Waals surface area contributed by atoms with Crippen LogP contribution in [0.2, 0.25) is 0 Å².